The van der Waals surface area contributed by atoms with Gasteiger partial charge in [-0.2, -0.15) is 0 Å². The monoisotopic (exact) mass is 410 g/mol. The van der Waals surface area contributed by atoms with E-state index in [1.165, 1.54) is 0 Å². The molecule has 162 valence electrons. The molecule has 0 fully saturated rings. The van der Waals surface area contributed by atoms with Crippen molar-refractivity contribution < 1.29 is 14.3 Å². The van der Waals surface area contributed by atoms with Crippen LogP contribution in [0.4, 0.5) is 0 Å². The molecule has 0 aliphatic rings. The average molecular weight is 411 g/mol. The molecule has 0 saturated carbocycles. The molecule has 5 heteroatoms. The highest BCUT2D eigenvalue weighted by molar-refractivity contribution is 5.88. The number of aryl methyl sites for hydroxylation is 3. The lowest BCUT2D eigenvalue weighted by atomic mass is 10.1. The smallest absolute Gasteiger partial charge is 0.261 e. The Hall–Kier alpha value is -2.82. The van der Waals surface area contributed by atoms with Crippen molar-refractivity contribution in [1.82, 2.24) is 10.2 Å². The molecule has 2 atom stereocenters. The Morgan fingerprint density at radius 2 is 1.67 bits per heavy atom. The van der Waals surface area contributed by atoms with E-state index < -0.39 is 6.04 Å². The van der Waals surface area contributed by atoms with Crippen molar-refractivity contribution >= 4 is 11.8 Å². The van der Waals surface area contributed by atoms with Gasteiger partial charge in [0.25, 0.3) is 5.91 Å². The molecule has 0 heterocycles. The molecule has 0 bridgehead atoms. The third kappa shape index (κ3) is 6.61. The summed E-state index contributed by atoms with van der Waals surface area (Å²) in [4.78, 5) is 27.5. The number of nitrogens with one attached hydrogen (secondary N) is 1. The van der Waals surface area contributed by atoms with Gasteiger partial charge in [0, 0.05) is 12.6 Å². The van der Waals surface area contributed by atoms with Crippen LogP contribution in [-0.4, -0.2) is 35.4 Å². The van der Waals surface area contributed by atoms with Gasteiger partial charge >= 0.3 is 0 Å². The van der Waals surface area contributed by atoms with Gasteiger partial charge in [-0.3, -0.25) is 9.59 Å². The maximum atomic E-state index is 13.1. The number of carbonyl (C=O) groups is 2. The van der Waals surface area contributed by atoms with Crippen molar-refractivity contribution in [2.75, 3.05) is 6.61 Å². The van der Waals surface area contributed by atoms with Crippen molar-refractivity contribution in [3.63, 3.8) is 0 Å². The lowest BCUT2D eigenvalue weighted by molar-refractivity contribution is -0.142. The topological polar surface area (TPSA) is 58.6 Å². The molecule has 5 nitrogen and oxygen atoms in total. The first-order valence-electron chi connectivity index (χ1n) is 10.6. The average Bonchev–Trinajstić information content (AvgIpc) is 2.70. The molecule has 0 saturated heterocycles. The van der Waals surface area contributed by atoms with Gasteiger partial charge in [0.2, 0.25) is 5.91 Å². The molecular weight excluding hydrogens is 376 g/mol. The minimum atomic E-state index is -0.603. The van der Waals surface area contributed by atoms with Crippen molar-refractivity contribution in [2.24, 2.45) is 0 Å². The van der Waals surface area contributed by atoms with Gasteiger partial charge in [-0.15, -0.1) is 0 Å². The van der Waals surface area contributed by atoms with Gasteiger partial charge in [-0.25, -0.2) is 0 Å². The van der Waals surface area contributed by atoms with Crippen LogP contribution in [0.2, 0.25) is 0 Å². The summed E-state index contributed by atoms with van der Waals surface area (Å²) in [7, 11) is 0. The molecule has 30 heavy (non-hydrogen) atoms. The molecule has 0 spiro atoms. The Morgan fingerprint density at radius 3 is 2.27 bits per heavy atom. The van der Waals surface area contributed by atoms with Crippen LogP contribution in [0.5, 0.6) is 5.75 Å². The van der Waals surface area contributed by atoms with Crippen LogP contribution < -0.4 is 10.1 Å². The number of hydrogen-bond donors (Lipinski definition) is 1. The zero-order chi connectivity index (χ0) is 22.3. The van der Waals surface area contributed by atoms with E-state index >= 15 is 0 Å². The van der Waals surface area contributed by atoms with Gasteiger partial charge < -0.3 is 15.0 Å². The Morgan fingerprint density at radius 1 is 1.03 bits per heavy atom. The van der Waals surface area contributed by atoms with E-state index in [9.17, 15) is 9.59 Å². The SMILES string of the molecule is CC[C@@H](C)NC(=O)[C@H](C)N(Cc1ccccc1C)C(=O)COc1cc(C)cc(C)c1. The number of ether oxygens (including phenoxy) is 1. The molecule has 2 aromatic carbocycles. The zero-order valence-electron chi connectivity index (χ0n) is 19.0. The molecule has 0 aromatic heterocycles. The van der Waals surface area contributed by atoms with Crippen molar-refractivity contribution in [1.29, 1.82) is 0 Å². The summed E-state index contributed by atoms with van der Waals surface area (Å²) in [5, 5.41) is 2.98. The molecule has 0 aliphatic carbocycles. The largest absolute Gasteiger partial charge is 0.484 e. The summed E-state index contributed by atoms with van der Waals surface area (Å²) >= 11 is 0. The van der Waals surface area contributed by atoms with Gasteiger partial charge in [0.1, 0.15) is 11.8 Å². The minimum Gasteiger partial charge on any atom is -0.484 e. The van der Waals surface area contributed by atoms with E-state index in [0.717, 1.165) is 28.7 Å². The van der Waals surface area contributed by atoms with Gasteiger partial charge in [-0.05, 0) is 75.4 Å². The van der Waals surface area contributed by atoms with Crippen LogP contribution in [0.25, 0.3) is 0 Å². The summed E-state index contributed by atoms with van der Waals surface area (Å²) in [6, 6.07) is 13.2. The lowest BCUT2D eigenvalue weighted by Crippen LogP contribution is -2.50. The van der Waals surface area contributed by atoms with Gasteiger partial charge in [0.05, 0.1) is 0 Å². The maximum absolute atomic E-state index is 13.1. The number of hydrogen-bond acceptors (Lipinski definition) is 3. The number of nitrogens with zero attached hydrogens (tertiary/aromatic N) is 1. The number of benzene rings is 2. The second-order valence-electron chi connectivity index (χ2n) is 8.05. The third-order valence-electron chi connectivity index (χ3n) is 5.33. The van der Waals surface area contributed by atoms with Crippen LogP contribution >= 0.6 is 0 Å². The second-order valence-corrected chi connectivity index (χ2v) is 8.05. The quantitative estimate of drug-likeness (QED) is 0.670. The van der Waals surface area contributed by atoms with E-state index in [1.807, 2.05) is 71.0 Å². The van der Waals surface area contributed by atoms with Crippen molar-refractivity contribution in [3.05, 3.63) is 64.7 Å². The molecule has 0 radical (unpaired) electrons. The van der Waals surface area contributed by atoms with E-state index in [1.54, 1.807) is 11.8 Å². The second kappa shape index (κ2) is 10.8. The molecular formula is C25H34N2O3. The van der Waals surface area contributed by atoms with Crippen LogP contribution in [0.3, 0.4) is 0 Å². The van der Waals surface area contributed by atoms with Crippen LogP contribution in [0.1, 0.15) is 49.4 Å². The predicted octanol–water partition coefficient (Wildman–Crippen LogP) is 4.32. The van der Waals surface area contributed by atoms with E-state index in [2.05, 4.69) is 11.4 Å². The fraction of sp³-hybridized carbons (Fsp3) is 0.440. The number of amides is 2. The summed E-state index contributed by atoms with van der Waals surface area (Å²) in [6.45, 7) is 12.0. The van der Waals surface area contributed by atoms with Gasteiger partial charge in [-0.1, -0.05) is 37.3 Å². The Bertz CT molecular complexity index is 858. The standard InChI is InChI=1S/C25H34N2O3/c1-7-20(5)26-25(29)21(6)27(15-22-11-9-8-10-19(22)4)24(28)16-30-23-13-17(2)12-18(3)14-23/h8-14,20-21H,7,15-16H2,1-6H3,(H,26,29)/t20-,21+/m1/s1. The molecule has 0 unspecified atom stereocenters. The molecule has 2 amide bonds. The maximum Gasteiger partial charge on any atom is 0.261 e. The fourth-order valence-corrected chi connectivity index (χ4v) is 3.26. The summed E-state index contributed by atoms with van der Waals surface area (Å²) in [5.74, 6) is 0.287. The van der Waals surface area contributed by atoms with E-state index in [-0.39, 0.29) is 24.5 Å². The fourth-order valence-electron chi connectivity index (χ4n) is 3.26. The summed E-state index contributed by atoms with van der Waals surface area (Å²) in [5.41, 5.74) is 4.26. The van der Waals surface area contributed by atoms with E-state index in [0.29, 0.717) is 12.3 Å². The highest BCUT2D eigenvalue weighted by Crippen LogP contribution is 2.18. The third-order valence-corrected chi connectivity index (χ3v) is 5.33. The minimum absolute atomic E-state index is 0.0573. The highest BCUT2D eigenvalue weighted by Gasteiger charge is 2.27. The number of carbonyl (C=O) groups excluding carboxylic acids is 2. The molecule has 0 aliphatic heterocycles. The highest BCUT2D eigenvalue weighted by atomic mass is 16.5. The Labute approximate surface area is 180 Å². The molecule has 2 aromatic rings. The predicted molar refractivity (Wildman–Crippen MR) is 120 cm³/mol. The first kappa shape index (κ1) is 23.5. The van der Waals surface area contributed by atoms with Crippen LogP contribution in [0, 0.1) is 20.8 Å². The first-order chi connectivity index (χ1) is 14.2. The normalized spacial score (nSPS) is 12.7. The zero-order valence-corrected chi connectivity index (χ0v) is 19.0. The van der Waals surface area contributed by atoms with E-state index in [4.69, 9.17) is 4.74 Å². The summed E-state index contributed by atoms with van der Waals surface area (Å²) < 4.78 is 5.79. The summed E-state index contributed by atoms with van der Waals surface area (Å²) in [6.07, 6.45) is 0.833. The molecule has 1 N–H and O–H groups in total. The Balaban J connectivity index is 2.19. The molecule has 2 rings (SSSR count). The van der Waals surface area contributed by atoms with Crippen LogP contribution in [-0.2, 0) is 16.1 Å². The number of rotatable bonds is 9. The first-order valence-corrected chi connectivity index (χ1v) is 10.6. The Kier molecular flexibility index (Phi) is 8.46. The van der Waals surface area contributed by atoms with Crippen molar-refractivity contribution in [3.8, 4) is 5.75 Å². The van der Waals surface area contributed by atoms with Gasteiger partial charge in [0.15, 0.2) is 6.61 Å². The lowest BCUT2D eigenvalue weighted by Gasteiger charge is -2.30. The van der Waals surface area contributed by atoms with Crippen molar-refractivity contribution in [2.45, 2.75) is 66.6 Å². The van der Waals surface area contributed by atoms with Crippen LogP contribution in [0.15, 0.2) is 42.5 Å².